The van der Waals surface area contributed by atoms with E-state index < -0.39 is 0 Å². The number of hydrogen-bond donors (Lipinski definition) is 0. The molecule has 3 nitrogen and oxygen atoms in total. The van der Waals surface area contributed by atoms with Gasteiger partial charge in [-0.1, -0.05) is 13.8 Å². The second kappa shape index (κ2) is 3.57. The quantitative estimate of drug-likeness (QED) is 0.680. The molecule has 1 amide bonds. The molecule has 0 aromatic heterocycles. The lowest BCUT2D eigenvalue weighted by Crippen LogP contribution is -2.41. The third kappa shape index (κ3) is 1.57. The predicted octanol–water partition coefficient (Wildman–Crippen LogP) is 1.86. The summed E-state index contributed by atoms with van der Waals surface area (Å²) in [5, 5.41) is 0. The Labute approximate surface area is 97.2 Å². The van der Waals surface area contributed by atoms with Crippen molar-refractivity contribution in [2.75, 3.05) is 6.54 Å². The molecule has 2 unspecified atom stereocenters. The van der Waals surface area contributed by atoms with Crippen LogP contribution >= 0.6 is 0 Å². The molecule has 3 heteroatoms. The van der Waals surface area contributed by atoms with E-state index in [4.69, 9.17) is 0 Å². The van der Waals surface area contributed by atoms with Crippen molar-refractivity contribution in [2.24, 2.45) is 17.3 Å². The molecule has 2 fully saturated rings. The van der Waals surface area contributed by atoms with Gasteiger partial charge in [-0.15, -0.1) is 0 Å². The van der Waals surface area contributed by atoms with Gasteiger partial charge in [0.05, 0.1) is 6.04 Å². The topological polar surface area (TPSA) is 37.4 Å². The van der Waals surface area contributed by atoms with Crippen molar-refractivity contribution < 1.29 is 9.59 Å². The molecule has 0 aromatic rings. The second-order valence-electron chi connectivity index (χ2n) is 6.02. The summed E-state index contributed by atoms with van der Waals surface area (Å²) in [7, 11) is 0. The zero-order valence-corrected chi connectivity index (χ0v) is 10.6. The number of likely N-dealkylation sites (tertiary alicyclic amines) is 1. The van der Waals surface area contributed by atoms with Crippen molar-refractivity contribution in [2.45, 2.75) is 46.6 Å². The van der Waals surface area contributed by atoms with Gasteiger partial charge < -0.3 is 4.90 Å². The van der Waals surface area contributed by atoms with Gasteiger partial charge in [0.1, 0.15) is 0 Å². The van der Waals surface area contributed by atoms with Crippen molar-refractivity contribution in [3.63, 3.8) is 0 Å². The minimum atomic E-state index is -0.149. The van der Waals surface area contributed by atoms with E-state index in [1.54, 1.807) is 18.7 Å². The van der Waals surface area contributed by atoms with Crippen LogP contribution in [0.4, 0.5) is 0 Å². The highest BCUT2D eigenvalue weighted by molar-refractivity contribution is 5.87. The number of hydrogen-bond acceptors (Lipinski definition) is 2. The van der Waals surface area contributed by atoms with Gasteiger partial charge in [-0.25, -0.2) is 0 Å². The van der Waals surface area contributed by atoms with E-state index >= 15 is 0 Å². The number of rotatable bonds is 1. The molecule has 0 N–H and O–H groups in total. The Morgan fingerprint density at radius 1 is 1.25 bits per heavy atom. The van der Waals surface area contributed by atoms with E-state index in [1.807, 2.05) is 0 Å². The Morgan fingerprint density at radius 2 is 1.88 bits per heavy atom. The van der Waals surface area contributed by atoms with E-state index in [9.17, 15) is 9.59 Å². The smallest absolute Gasteiger partial charge is 0.220 e. The van der Waals surface area contributed by atoms with Gasteiger partial charge >= 0.3 is 0 Å². The lowest BCUT2D eigenvalue weighted by atomic mass is 9.79. The number of Topliss-reactive ketones (excluding diaryl/α,β-unsaturated/α-hetero) is 1. The minimum Gasteiger partial charge on any atom is -0.332 e. The third-order valence-electron chi connectivity index (χ3n) is 4.60. The predicted molar refractivity (Wildman–Crippen MR) is 61.9 cm³/mol. The first-order valence-corrected chi connectivity index (χ1v) is 6.12. The van der Waals surface area contributed by atoms with E-state index in [1.165, 1.54) is 6.42 Å². The maximum absolute atomic E-state index is 11.7. The molecule has 0 spiro atoms. The minimum absolute atomic E-state index is 0.0467. The zero-order chi connectivity index (χ0) is 12.1. The first-order chi connectivity index (χ1) is 7.34. The molecule has 90 valence electrons. The molecule has 2 rings (SSSR count). The molecule has 1 saturated carbocycles. The van der Waals surface area contributed by atoms with Crippen LogP contribution in [0.25, 0.3) is 0 Å². The highest BCUT2D eigenvalue weighted by atomic mass is 16.2. The standard InChI is InChI=1S/C13H21NO2/c1-8(15)12-10-5-6-13(3,4)11(10)7-14(12)9(2)16/h10-12H,5-7H2,1-4H3/t10?,11?,12-/m1/s1. The van der Waals surface area contributed by atoms with Crippen LogP contribution in [-0.2, 0) is 9.59 Å². The van der Waals surface area contributed by atoms with Crippen LogP contribution in [-0.4, -0.2) is 29.2 Å². The van der Waals surface area contributed by atoms with Crippen molar-refractivity contribution >= 4 is 11.7 Å². The maximum atomic E-state index is 11.7. The van der Waals surface area contributed by atoms with Crippen molar-refractivity contribution in [1.29, 1.82) is 0 Å². The number of carbonyl (C=O) groups excluding carboxylic acids is 2. The molecule has 16 heavy (non-hydrogen) atoms. The summed E-state index contributed by atoms with van der Waals surface area (Å²) in [6.07, 6.45) is 2.27. The number of carbonyl (C=O) groups is 2. The molecule has 1 saturated heterocycles. The molecule has 0 aromatic carbocycles. The summed E-state index contributed by atoms with van der Waals surface area (Å²) >= 11 is 0. The van der Waals surface area contributed by atoms with E-state index in [2.05, 4.69) is 13.8 Å². The summed E-state index contributed by atoms with van der Waals surface area (Å²) in [6, 6.07) is -0.149. The molecule has 1 aliphatic carbocycles. The summed E-state index contributed by atoms with van der Waals surface area (Å²) in [6.45, 7) is 8.49. The average molecular weight is 223 g/mol. The Kier molecular flexibility index (Phi) is 2.59. The molecular weight excluding hydrogens is 202 g/mol. The van der Waals surface area contributed by atoms with Crippen molar-refractivity contribution in [3.8, 4) is 0 Å². The Balaban J connectivity index is 2.29. The SMILES string of the molecule is CC(=O)[C@@H]1C2CCC(C)(C)C2CN1C(C)=O. The van der Waals surface area contributed by atoms with E-state index in [0.717, 1.165) is 13.0 Å². The maximum Gasteiger partial charge on any atom is 0.220 e. The fourth-order valence-electron chi connectivity index (χ4n) is 3.67. The van der Waals surface area contributed by atoms with Gasteiger partial charge in [0, 0.05) is 13.5 Å². The van der Waals surface area contributed by atoms with Gasteiger partial charge in [-0.05, 0) is 37.0 Å². The van der Waals surface area contributed by atoms with Gasteiger partial charge in [0.15, 0.2) is 5.78 Å². The normalized spacial score (nSPS) is 36.2. The van der Waals surface area contributed by atoms with Crippen LogP contribution < -0.4 is 0 Å². The van der Waals surface area contributed by atoms with Crippen LogP contribution in [0.1, 0.15) is 40.5 Å². The van der Waals surface area contributed by atoms with Gasteiger partial charge in [0.2, 0.25) is 5.91 Å². The largest absolute Gasteiger partial charge is 0.332 e. The van der Waals surface area contributed by atoms with E-state index in [-0.39, 0.29) is 23.1 Å². The first kappa shape index (κ1) is 11.6. The molecule has 1 heterocycles. The van der Waals surface area contributed by atoms with Gasteiger partial charge in [-0.3, -0.25) is 9.59 Å². The highest BCUT2D eigenvalue weighted by Gasteiger charge is 2.54. The zero-order valence-electron chi connectivity index (χ0n) is 10.6. The van der Waals surface area contributed by atoms with E-state index in [0.29, 0.717) is 11.8 Å². The number of fused-ring (bicyclic) bond motifs is 1. The first-order valence-electron chi connectivity index (χ1n) is 6.12. The summed E-state index contributed by atoms with van der Waals surface area (Å²) < 4.78 is 0. The lowest BCUT2D eigenvalue weighted by Gasteiger charge is -2.26. The average Bonchev–Trinajstić information content (AvgIpc) is 2.64. The lowest BCUT2D eigenvalue weighted by molar-refractivity contribution is -0.136. The third-order valence-corrected chi connectivity index (χ3v) is 4.60. The summed E-state index contributed by atoms with van der Waals surface area (Å²) in [4.78, 5) is 25.1. The Bertz CT molecular complexity index is 335. The van der Waals surface area contributed by atoms with Gasteiger partial charge in [0.25, 0.3) is 0 Å². The Morgan fingerprint density at radius 3 is 2.38 bits per heavy atom. The highest BCUT2D eigenvalue weighted by Crippen LogP contribution is 2.52. The fraction of sp³-hybridized carbons (Fsp3) is 0.846. The Hall–Kier alpha value is -0.860. The second-order valence-corrected chi connectivity index (χ2v) is 6.02. The molecule has 0 radical (unpaired) electrons. The van der Waals surface area contributed by atoms with Crippen molar-refractivity contribution in [3.05, 3.63) is 0 Å². The van der Waals surface area contributed by atoms with Crippen LogP contribution in [0.5, 0.6) is 0 Å². The summed E-state index contributed by atoms with van der Waals surface area (Å²) in [5.74, 6) is 1.10. The number of amides is 1. The van der Waals surface area contributed by atoms with Crippen LogP contribution in [0.2, 0.25) is 0 Å². The molecule has 0 bridgehead atoms. The molecule has 3 atom stereocenters. The molecule has 2 aliphatic rings. The van der Waals surface area contributed by atoms with Crippen LogP contribution in [0.15, 0.2) is 0 Å². The monoisotopic (exact) mass is 223 g/mol. The fourth-order valence-corrected chi connectivity index (χ4v) is 3.67. The number of ketones is 1. The summed E-state index contributed by atoms with van der Waals surface area (Å²) in [5.41, 5.74) is 0.280. The molecule has 1 aliphatic heterocycles. The number of nitrogens with zero attached hydrogens (tertiary/aromatic N) is 1. The van der Waals surface area contributed by atoms with Crippen LogP contribution in [0, 0.1) is 17.3 Å². The van der Waals surface area contributed by atoms with Crippen LogP contribution in [0.3, 0.4) is 0 Å². The van der Waals surface area contributed by atoms with Gasteiger partial charge in [-0.2, -0.15) is 0 Å². The molecular formula is C13H21NO2. The van der Waals surface area contributed by atoms with Crippen molar-refractivity contribution in [1.82, 2.24) is 4.90 Å².